The molecule has 31 heavy (non-hydrogen) atoms. The summed E-state index contributed by atoms with van der Waals surface area (Å²) in [4.78, 5) is 20.8. The van der Waals surface area contributed by atoms with Gasteiger partial charge >= 0.3 is 0 Å². The quantitative estimate of drug-likeness (QED) is 0.143. The van der Waals surface area contributed by atoms with E-state index in [1.807, 2.05) is 41.8 Å². The molecule has 0 aliphatic carbocycles. The fraction of sp³-hybridized carbons (Fsp3) is 0.0476. The molecule has 2 aromatic carbocycles. The van der Waals surface area contributed by atoms with Crippen LogP contribution in [-0.4, -0.2) is 25.1 Å². The van der Waals surface area contributed by atoms with E-state index in [2.05, 4.69) is 15.2 Å². The maximum Gasteiger partial charge on any atom is 0.269 e. The number of non-ortho nitro benzene ring substituents is 1. The Morgan fingerprint density at radius 2 is 1.84 bits per heavy atom. The first-order valence-corrected chi connectivity index (χ1v) is 11.0. The van der Waals surface area contributed by atoms with Crippen LogP contribution in [0.1, 0.15) is 5.89 Å². The summed E-state index contributed by atoms with van der Waals surface area (Å²) in [5.41, 5.74) is 1.51. The second-order valence-corrected chi connectivity index (χ2v) is 8.35. The molecule has 3 heterocycles. The molecule has 5 rings (SSSR count). The number of thiophene rings is 1. The summed E-state index contributed by atoms with van der Waals surface area (Å²) >= 11 is 3.09. The number of nitro groups is 1. The van der Waals surface area contributed by atoms with Crippen LogP contribution in [0.4, 0.5) is 5.69 Å². The molecular weight excluding hydrogens is 434 g/mol. The highest BCUT2D eigenvalue weighted by molar-refractivity contribution is 7.98. The van der Waals surface area contributed by atoms with Crippen molar-refractivity contribution in [2.45, 2.75) is 10.8 Å². The average Bonchev–Trinajstić information content (AvgIpc) is 3.50. The zero-order valence-corrected chi connectivity index (χ0v) is 17.5. The van der Waals surface area contributed by atoms with E-state index < -0.39 is 4.92 Å². The molecule has 0 aliphatic heterocycles. The first-order valence-electron chi connectivity index (χ1n) is 9.18. The predicted octanol–water partition coefficient (Wildman–Crippen LogP) is 5.61. The van der Waals surface area contributed by atoms with Gasteiger partial charge in [-0.2, -0.15) is 0 Å². The monoisotopic (exact) mass is 447 g/mol. The number of benzene rings is 2. The Morgan fingerprint density at radius 1 is 1.00 bits per heavy atom. The van der Waals surface area contributed by atoms with E-state index >= 15 is 0 Å². The number of para-hydroxylation sites is 1. The van der Waals surface area contributed by atoms with E-state index in [1.165, 1.54) is 23.9 Å². The van der Waals surface area contributed by atoms with Crippen LogP contribution < -0.4 is 0 Å². The molecule has 0 radical (unpaired) electrons. The molecular formula is C21H13N5O3S2. The normalized spacial score (nSPS) is 11.1. The van der Waals surface area contributed by atoms with Gasteiger partial charge in [0.05, 0.1) is 21.1 Å². The predicted molar refractivity (Wildman–Crippen MR) is 119 cm³/mol. The average molecular weight is 448 g/mol. The second-order valence-electron chi connectivity index (χ2n) is 6.44. The summed E-state index contributed by atoms with van der Waals surface area (Å²) in [6, 6.07) is 17.9. The summed E-state index contributed by atoms with van der Waals surface area (Å²) < 4.78 is 5.75. The number of thioether (sulfide) groups is 1. The smallest absolute Gasteiger partial charge is 0.269 e. The third kappa shape index (κ3) is 4.03. The fourth-order valence-corrected chi connectivity index (χ4v) is 4.47. The lowest BCUT2D eigenvalue weighted by Crippen LogP contribution is -1.93. The third-order valence-corrected chi connectivity index (χ3v) is 6.28. The number of aromatic nitrogens is 4. The van der Waals surface area contributed by atoms with Crippen LogP contribution in [0, 0.1) is 10.1 Å². The van der Waals surface area contributed by atoms with E-state index in [0.29, 0.717) is 28.9 Å². The highest BCUT2D eigenvalue weighted by Gasteiger charge is 2.14. The number of nitrogens with zero attached hydrogens (tertiary/aromatic N) is 5. The molecule has 3 aromatic heterocycles. The minimum atomic E-state index is -0.448. The van der Waals surface area contributed by atoms with Gasteiger partial charge in [-0.05, 0) is 29.6 Å². The van der Waals surface area contributed by atoms with Crippen molar-refractivity contribution in [1.29, 1.82) is 0 Å². The van der Waals surface area contributed by atoms with Gasteiger partial charge in [0, 0.05) is 23.1 Å². The van der Waals surface area contributed by atoms with Crippen molar-refractivity contribution >= 4 is 39.7 Å². The van der Waals surface area contributed by atoms with Gasteiger partial charge < -0.3 is 4.42 Å². The lowest BCUT2D eigenvalue weighted by atomic mass is 10.2. The number of hydrogen-bond donors (Lipinski definition) is 0. The minimum absolute atomic E-state index is 0.0104. The van der Waals surface area contributed by atoms with E-state index in [0.717, 1.165) is 20.8 Å². The van der Waals surface area contributed by atoms with Gasteiger partial charge in [0.2, 0.25) is 11.8 Å². The third-order valence-electron chi connectivity index (χ3n) is 4.43. The lowest BCUT2D eigenvalue weighted by molar-refractivity contribution is -0.384. The highest BCUT2D eigenvalue weighted by Crippen LogP contribution is 2.32. The van der Waals surface area contributed by atoms with E-state index in [1.54, 1.807) is 23.5 Å². The molecule has 0 saturated heterocycles. The van der Waals surface area contributed by atoms with Crippen molar-refractivity contribution in [3.8, 4) is 22.2 Å². The maximum atomic E-state index is 10.8. The van der Waals surface area contributed by atoms with Crippen LogP contribution in [0.15, 0.2) is 75.5 Å². The van der Waals surface area contributed by atoms with E-state index in [-0.39, 0.29) is 5.69 Å². The second kappa shape index (κ2) is 8.25. The number of rotatable bonds is 6. The standard InChI is InChI=1S/C21H13N5O3S2/c27-26(28)14-9-7-13(8-10-14)20-25-24-18(29-20)12-31-21-15-4-1-2-5-16(15)22-19(23-21)17-6-3-11-30-17/h1-11H,12H2. The molecule has 0 atom stereocenters. The first kappa shape index (κ1) is 19.3. The van der Waals surface area contributed by atoms with Gasteiger partial charge in [0.1, 0.15) is 5.03 Å². The zero-order chi connectivity index (χ0) is 21.2. The van der Waals surface area contributed by atoms with E-state index in [4.69, 9.17) is 9.40 Å². The minimum Gasteiger partial charge on any atom is -0.420 e. The van der Waals surface area contributed by atoms with Crippen LogP contribution >= 0.6 is 23.1 Å². The molecule has 152 valence electrons. The molecule has 8 nitrogen and oxygen atoms in total. The highest BCUT2D eigenvalue weighted by atomic mass is 32.2. The number of fused-ring (bicyclic) bond motifs is 1. The van der Waals surface area contributed by atoms with Crippen molar-refractivity contribution in [2.24, 2.45) is 0 Å². The number of nitro benzene ring substituents is 1. The molecule has 0 N–H and O–H groups in total. The topological polar surface area (TPSA) is 108 Å². The van der Waals surface area contributed by atoms with Crippen molar-refractivity contribution < 1.29 is 9.34 Å². The van der Waals surface area contributed by atoms with Gasteiger partial charge in [0.15, 0.2) is 5.82 Å². The Hall–Kier alpha value is -3.63. The van der Waals surface area contributed by atoms with Crippen LogP contribution in [0.3, 0.4) is 0 Å². The molecule has 10 heteroatoms. The van der Waals surface area contributed by atoms with Crippen LogP contribution in [0.2, 0.25) is 0 Å². The Kier molecular flexibility index (Phi) is 5.14. The maximum absolute atomic E-state index is 10.8. The van der Waals surface area contributed by atoms with E-state index in [9.17, 15) is 10.1 Å². The van der Waals surface area contributed by atoms with Gasteiger partial charge in [-0.25, -0.2) is 9.97 Å². The van der Waals surface area contributed by atoms with Gasteiger partial charge in [-0.1, -0.05) is 36.0 Å². The van der Waals surface area contributed by atoms with Crippen LogP contribution in [0.5, 0.6) is 0 Å². The van der Waals surface area contributed by atoms with Gasteiger partial charge in [-0.15, -0.1) is 21.5 Å². The Bertz CT molecular complexity index is 1370. The molecule has 5 aromatic rings. The lowest BCUT2D eigenvalue weighted by Gasteiger charge is -2.06. The van der Waals surface area contributed by atoms with Crippen molar-refractivity contribution in [3.63, 3.8) is 0 Å². The van der Waals surface area contributed by atoms with Crippen LogP contribution in [0.25, 0.3) is 33.1 Å². The summed E-state index contributed by atoms with van der Waals surface area (Å²) in [7, 11) is 0. The summed E-state index contributed by atoms with van der Waals surface area (Å²) in [6.45, 7) is 0. The molecule has 0 amide bonds. The molecule has 0 unspecified atom stereocenters. The van der Waals surface area contributed by atoms with Crippen molar-refractivity contribution in [2.75, 3.05) is 0 Å². The Morgan fingerprint density at radius 3 is 2.61 bits per heavy atom. The Balaban J connectivity index is 1.39. The largest absolute Gasteiger partial charge is 0.420 e. The van der Waals surface area contributed by atoms with Crippen LogP contribution in [-0.2, 0) is 5.75 Å². The molecule has 0 saturated carbocycles. The number of hydrogen-bond acceptors (Lipinski definition) is 9. The van der Waals surface area contributed by atoms with Gasteiger partial charge in [-0.3, -0.25) is 10.1 Å². The van der Waals surface area contributed by atoms with Gasteiger partial charge in [0.25, 0.3) is 5.69 Å². The molecule has 0 spiro atoms. The molecule has 0 aliphatic rings. The first-order chi connectivity index (χ1) is 15.2. The molecule has 0 fully saturated rings. The van der Waals surface area contributed by atoms with Crippen molar-refractivity contribution in [3.05, 3.63) is 82.0 Å². The molecule has 0 bridgehead atoms. The fourth-order valence-electron chi connectivity index (χ4n) is 2.96. The summed E-state index contributed by atoms with van der Waals surface area (Å²) in [5.74, 6) is 1.88. The SMILES string of the molecule is O=[N+]([O-])c1ccc(-c2nnc(CSc3nc(-c4cccs4)nc4ccccc34)o2)cc1. The summed E-state index contributed by atoms with van der Waals surface area (Å²) in [6.07, 6.45) is 0. The summed E-state index contributed by atoms with van der Waals surface area (Å²) in [5, 5.41) is 22.8. The zero-order valence-electron chi connectivity index (χ0n) is 15.8. The van der Waals surface area contributed by atoms with Crippen molar-refractivity contribution in [1.82, 2.24) is 20.2 Å². The Labute approximate surface area is 184 Å².